The van der Waals surface area contributed by atoms with E-state index in [2.05, 4.69) is 45.5 Å². The van der Waals surface area contributed by atoms with E-state index in [0.29, 0.717) is 0 Å². The number of aryl methyl sites for hydroxylation is 1. The Kier molecular flexibility index (Phi) is 3.94. The van der Waals surface area contributed by atoms with E-state index in [4.69, 9.17) is 0 Å². The van der Waals surface area contributed by atoms with Gasteiger partial charge in [0, 0.05) is 4.47 Å². The maximum Gasteiger partial charge on any atom is 0.0561 e. The van der Waals surface area contributed by atoms with Crippen LogP contribution >= 0.6 is 15.9 Å². The van der Waals surface area contributed by atoms with Crippen LogP contribution in [-0.4, -0.2) is 6.21 Å². The molecule has 2 nitrogen and oxygen atoms in total. The number of benzene rings is 2. The topological polar surface area (TPSA) is 24.4 Å². The van der Waals surface area contributed by atoms with Gasteiger partial charge in [0.05, 0.1) is 11.9 Å². The van der Waals surface area contributed by atoms with E-state index < -0.39 is 0 Å². The molecule has 2 rings (SSSR count). The molecule has 17 heavy (non-hydrogen) atoms. The summed E-state index contributed by atoms with van der Waals surface area (Å²) >= 11 is 3.40. The standard InChI is InChI=1S/C14H13BrN2/c1-11-2-8-14(9-3-11)17-16-10-12-4-6-13(15)7-5-12/h2-10,17H,1H3/b16-10+. The van der Waals surface area contributed by atoms with Crippen LogP contribution in [0.15, 0.2) is 58.1 Å². The van der Waals surface area contributed by atoms with Crippen molar-refractivity contribution >= 4 is 27.8 Å². The van der Waals surface area contributed by atoms with E-state index in [1.807, 2.05) is 36.4 Å². The molecular weight excluding hydrogens is 276 g/mol. The Morgan fingerprint density at radius 2 is 1.65 bits per heavy atom. The summed E-state index contributed by atoms with van der Waals surface area (Å²) < 4.78 is 1.07. The van der Waals surface area contributed by atoms with Crippen molar-refractivity contribution in [3.05, 3.63) is 64.1 Å². The first kappa shape index (κ1) is 11.9. The molecular formula is C14H13BrN2. The van der Waals surface area contributed by atoms with Crippen LogP contribution in [0.2, 0.25) is 0 Å². The number of hydrogen-bond donors (Lipinski definition) is 1. The van der Waals surface area contributed by atoms with Gasteiger partial charge in [0.1, 0.15) is 0 Å². The quantitative estimate of drug-likeness (QED) is 0.664. The molecule has 0 aliphatic heterocycles. The van der Waals surface area contributed by atoms with E-state index in [0.717, 1.165) is 15.7 Å². The first-order valence-electron chi connectivity index (χ1n) is 5.35. The third kappa shape index (κ3) is 3.71. The molecule has 2 aromatic carbocycles. The number of nitrogens with zero attached hydrogens (tertiary/aromatic N) is 1. The number of hydrazone groups is 1. The van der Waals surface area contributed by atoms with Gasteiger partial charge < -0.3 is 0 Å². The molecule has 0 saturated carbocycles. The Bertz CT molecular complexity index is 501. The molecule has 1 N–H and O–H groups in total. The number of halogens is 1. The smallest absolute Gasteiger partial charge is 0.0561 e. The zero-order valence-corrected chi connectivity index (χ0v) is 11.1. The maximum absolute atomic E-state index is 4.18. The maximum atomic E-state index is 4.18. The van der Waals surface area contributed by atoms with Gasteiger partial charge >= 0.3 is 0 Å². The highest BCUT2D eigenvalue weighted by Gasteiger charge is 1.89. The first-order chi connectivity index (χ1) is 8.24. The zero-order chi connectivity index (χ0) is 12.1. The van der Waals surface area contributed by atoms with Crippen molar-refractivity contribution in [2.45, 2.75) is 6.92 Å². The summed E-state index contributed by atoms with van der Waals surface area (Å²) in [6.07, 6.45) is 1.80. The second kappa shape index (κ2) is 5.64. The lowest BCUT2D eigenvalue weighted by atomic mass is 10.2. The number of rotatable bonds is 3. The summed E-state index contributed by atoms with van der Waals surface area (Å²) in [5, 5.41) is 4.18. The Balaban J connectivity index is 1.97. The van der Waals surface area contributed by atoms with E-state index in [1.54, 1.807) is 6.21 Å². The summed E-state index contributed by atoms with van der Waals surface area (Å²) in [5.74, 6) is 0. The summed E-state index contributed by atoms with van der Waals surface area (Å²) in [6.45, 7) is 2.06. The van der Waals surface area contributed by atoms with Crippen molar-refractivity contribution in [2.75, 3.05) is 5.43 Å². The lowest BCUT2D eigenvalue weighted by Crippen LogP contribution is -1.90. The lowest BCUT2D eigenvalue weighted by molar-refractivity contribution is 1.34. The fraction of sp³-hybridized carbons (Fsp3) is 0.0714. The molecule has 0 bridgehead atoms. The van der Waals surface area contributed by atoms with Crippen molar-refractivity contribution < 1.29 is 0 Å². The molecule has 3 heteroatoms. The van der Waals surface area contributed by atoms with Crippen LogP contribution in [-0.2, 0) is 0 Å². The van der Waals surface area contributed by atoms with Crippen LogP contribution in [0.1, 0.15) is 11.1 Å². The van der Waals surface area contributed by atoms with Crippen molar-refractivity contribution in [1.82, 2.24) is 0 Å². The molecule has 0 aliphatic rings. The van der Waals surface area contributed by atoms with Gasteiger partial charge in [-0.3, -0.25) is 5.43 Å². The molecule has 0 saturated heterocycles. The monoisotopic (exact) mass is 288 g/mol. The van der Waals surface area contributed by atoms with Gasteiger partial charge in [-0.2, -0.15) is 5.10 Å². The molecule has 0 aliphatic carbocycles. The molecule has 0 unspecified atom stereocenters. The highest BCUT2D eigenvalue weighted by Crippen LogP contribution is 2.10. The minimum Gasteiger partial charge on any atom is -0.279 e. The summed E-state index contributed by atoms with van der Waals surface area (Å²) in [6, 6.07) is 16.1. The van der Waals surface area contributed by atoms with Crippen LogP contribution in [0.5, 0.6) is 0 Å². The summed E-state index contributed by atoms with van der Waals surface area (Å²) in [4.78, 5) is 0. The molecule has 2 aromatic rings. The Hall–Kier alpha value is -1.61. The molecule has 0 radical (unpaired) electrons. The Labute approximate surface area is 110 Å². The number of anilines is 1. The Morgan fingerprint density at radius 1 is 1.00 bits per heavy atom. The molecule has 86 valence electrons. The zero-order valence-electron chi connectivity index (χ0n) is 9.52. The van der Waals surface area contributed by atoms with Gasteiger partial charge in [0.25, 0.3) is 0 Å². The van der Waals surface area contributed by atoms with Crippen molar-refractivity contribution in [1.29, 1.82) is 0 Å². The van der Waals surface area contributed by atoms with Gasteiger partial charge in [-0.25, -0.2) is 0 Å². The van der Waals surface area contributed by atoms with Gasteiger partial charge in [-0.05, 0) is 36.8 Å². The average molecular weight is 289 g/mol. The predicted molar refractivity (Wildman–Crippen MR) is 76.5 cm³/mol. The van der Waals surface area contributed by atoms with Crippen LogP contribution in [0.3, 0.4) is 0 Å². The second-order valence-electron chi connectivity index (χ2n) is 3.79. The molecule has 0 aromatic heterocycles. The largest absolute Gasteiger partial charge is 0.279 e. The summed E-state index contributed by atoms with van der Waals surface area (Å²) in [7, 11) is 0. The minimum absolute atomic E-state index is 0.990. The fourth-order valence-electron chi connectivity index (χ4n) is 1.36. The third-order valence-corrected chi connectivity index (χ3v) is 2.86. The molecule has 0 fully saturated rings. The minimum atomic E-state index is 0.990. The van der Waals surface area contributed by atoms with E-state index >= 15 is 0 Å². The SMILES string of the molecule is Cc1ccc(N/N=C/c2ccc(Br)cc2)cc1. The Morgan fingerprint density at radius 3 is 2.29 bits per heavy atom. The number of nitrogens with one attached hydrogen (secondary N) is 1. The molecule has 0 heterocycles. The molecule has 0 atom stereocenters. The number of hydrogen-bond acceptors (Lipinski definition) is 2. The highest BCUT2D eigenvalue weighted by molar-refractivity contribution is 9.10. The van der Waals surface area contributed by atoms with Crippen LogP contribution < -0.4 is 5.43 Å². The van der Waals surface area contributed by atoms with Crippen molar-refractivity contribution in [2.24, 2.45) is 5.10 Å². The predicted octanol–water partition coefficient (Wildman–Crippen LogP) is 4.20. The lowest BCUT2D eigenvalue weighted by Gasteiger charge is -2.00. The van der Waals surface area contributed by atoms with Crippen LogP contribution in [0, 0.1) is 6.92 Å². The van der Waals surface area contributed by atoms with Gasteiger partial charge in [0.15, 0.2) is 0 Å². The van der Waals surface area contributed by atoms with Gasteiger partial charge in [-0.1, -0.05) is 45.8 Å². The van der Waals surface area contributed by atoms with E-state index in [-0.39, 0.29) is 0 Å². The average Bonchev–Trinajstić information content (AvgIpc) is 2.34. The normalized spacial score (nSPS) is 10.7. The van der Waals surface area contributed by atoms with Gasteiger partial charge in [-0.15, -0.1) is 0 Å². The van der Waals surface area contributed by atoms with Crippen molar-refractivity contribution in [3.63, 3.8) is 0 Å². The van der Waals surface area contributed by atoms with E-state index in [1.165, 1.54) is 5.56 Å². The summed E-state index contributed by atoms with van der Waals surface area (Å²) in [5.41, 5.74) is 6.29. The highest BCUT2D eigenvalue weighted by atomic mass is 79.9. The van der Waals surface area contributed by atoms with E-state index in [9.17, 15) is 0 Å². The van der Waals surface area contributed by atoms with Gasteiger partial charge in [0.2, 0.25) is 0 Å². The third-order valence-electron chi connectivity index (χ3n) is 2.33. The van der Waals surface area contributed by atoms with Crippen LogP contribution in [0.4, 0.5) is 5.69 Å². The van der Waals surface area contributed by atoms with Crippen molar-refractivity contribution in [3.8, 4) is 0 Å². The fourth-order valence-corrected chi connectivity index (χ4v) is 1.62. The second-order valence-corrected chi connectivity index (χ2v) is 4.70. The molecule has 0 spiro atoms. The molecule has 0 amide bonds. The van der Waals surface area contributed by atoms with Crippen LogP contribution in [0.25, 0.3) is 0 Å². The first-order valence-corrected chi connectivity index (χ1v) is 6.15.